The monoisotopic (exact) mass is 976 g/mol. The summed E-state index contributed by atoms with van der Waals surface area (Å²) in [5.74, 6) is 0. The van der Waals surface area contributed by atoms with E-state index in [1.165, 1.54) is 61.3 Å². The molecule has 0 aromatic carbocycles. The molecule has 0 atom stereocenters. The van der Waals surface area contributed by atoms with E-state index in [1.54, 1.807) is 0 Å². The van der Waals surface area contributed by atoms with Crippen LogP contribution in [0.1, 0.15) is 114 Å². The van der Waals surface area contributed by atoms with E-state index < -0.39 is 5.41 Å². The minimum atomic E-state index is -0.516. The highest BCUT2D eigenvalue weighted by atomic mass is 32.1. The summed E-state index contributed by atoms with van der Waals surface area (Å²) in [6, 6.07) is 10.1. The topological polar surface area (TPSA) is 150 Å². The Labute approximate surface area is 412 Å². The zero-order chi connectivity index (χ0) is 46.1. The Morgan fingerprint density at radius 1 is 0.348 bits per heavy atom. The first-order valence-electron chi connectivity index (χ1n) is 23.9. The number of hydrogen-bond donors (Lipinski definition) is 0. The van der Waals surface area contributed by atoms with E-state index in [0.717, 1.165) is 139 Å². The molecule has 0 radical (unpaired) electrons. The summed E-state index contributed by atoms with van der Waals surface area (Å²) in [4.78, 5) is 69.0. The van der Waals surface area contributed by atoms with Crippen LogP contribution in [-0.4, -0.2) is 46.6 Å². The Morgan fingerprint density at radius 2 is 0.580 bits per heavy atom. The predicted molar refractivity (Wildman–Crippen MR) is 269 cm³/mol. The molecule has 69 heavy (non-hydrogen) atoms. The summed E-state index contributed by atoms with van der Waals surface area (Å²) < 4.78 is 0. The second-order valence-corrected chi connectivity index (χ2v) is 22.8. The highest BCUT2D eigenvalue weighted by Gasteiger charge is 2.55. The molecule has 0 amide bonds. The number of aryl methyl sites for hydroxylation is 4. The molecular weight excluding hydrogens is 933 g/mol. The summed E-state index contributed by atoms with van der Waals surface area (Å²) >= 11 is 7.73. The fourth-order valence-corrected chi connectivity index (χ4v) is 16.7. The van der Waals surface area contributed by atoms with Gasteiger partial charge in [0.15, 0.2) is 0 Å². The molecule has 8 aromatic rings. The molecule has 0 saturated heterocycles. The van der Waals surface area contributed by atoms with Crippen molar-refractivity contribution in [2.24, 2.45) is 39.9 Å². The summed E-state index contributed by atoms with van der Waals surface area (Å²) in [5.41, 5.74) is 13.6. The van der Waals surface area contributed by atoms with Crippen molar-refractivity contribution in [2.45, 2.75) is 84.5 Å². The van der Waals surface area contributed by atoms with Crippen molar-refractivity contribution in [3.8, 4) is 19.5 Å². The van der Waals surface area contributed by atoms with Crippen LogP contribution in [0.5, 0.6) is 0 Å². The number of fused-ring (bicyclic) bond motifs is 14. The van der Waals surface area contributed by atoms with Gasteiger partial charge in [-0.15, -0.1) is 45.3 Å². The Morgan fingerprint density at radius 3 is 0.812 bits per heavy atom. The first kappa shape index (κ1) is 41.7. The number of rotatable bonds is 12. The minimum Gasteiger partial charge on any atom is -0.259 e. The fraction of sp³-hybridized carbons (Fsp3) is 0.321. The van der Waals surface area contributed by atoms with Crippen LogP contribution in [-0.2, 0) is 56.8 Å². The molecule has 14 rings (SSSR count). The van der Waals surface area contributed by atoms with Crippen LogP contribution in [0, 0.1) is 0 Å². The molecule has 6 aliphatic rings. The molecule has 4 aliphatic heterocycles. The SMILES string of the molecule is CCc1ncc(Cc2cc3c(s2)-c2sc(Cc4cnc(CC)c5c4=NCN=5)cc2C32c3cc(Cc4cnc(CC)c5c4=NCN=5)sc3-c3sc(Cc4cnc(CC)c5c4=NCN=5)cc32)c2c1=NCN=2. The molecule has 0 fully saturated rings. The van der Waals surface area contributed by atoms with E-state index in [0.29, 0.717) is 26.7 Å². The zero-order valence-electron chi connectivity index (χ0n) is 38.6. The van der Waals surface area contributed by atoms with Gasteiger partial charge in [-0.2, -0.15) is 0 Å². The molecule has 0 bridgehead atoms. The van der Waals surface area contributed by atoms with Crippen molar-refractivity contribution in [2.75, 3.05) is 26.7 Å². The van der Waals surface area contributed by atoms with Gasteiger partial charge in [0.1, 0.15) is 48.1 Å². The molecule has 340 valence electrons. The summed E-state index contributed by atoms with van der Waals surface area (Å²) in [6.07, 6.45) is 14.5. The second kappa shape index (κ2) is 15.9. The lowest BCUT2D eigenvalue weighted by Crippen LogP contribution is -2.31. The van der Waals surface area contributed by atoms with Crippen molar-refractivity contribution in [1.82, 2.24) is 19.9 Å². The second-order valence-electron chi connectivity index (χ2n) is 18.2. The van der Waals surface area contributed by atoms with Crippen molar-refractivity contribution in [1.29, 1.82) is 0 Å². The summed E-state index contributed by atoms with van der Waals surface area (Å²) in [7, 11) is 0. The van der Waals surface area contributed by atoms with Crippen LogP contribution < -0.4 is 42.9 Å². The normalized spacial score (nSPS) is 15.4. The molecule has 12 nitrogen and oxygen atoms in total. The molecule has 0 saturated carbocycles. The van der Waals surface area contributed by atoms with E-state index >= 15 is 0 Å². The van der Waals surface area contributed by atoms with Gasteiger partial charge in [0.2, 0.25) is 0 Å². The van der Waals surface area contributed by atoms with Crippen LogP contribution >= 0.6 is 45.3 Å². The largest absolute Gasteiger partial charge is 0.259 e. The standard InChI is InChI=1S/C53H44N12S4/c1-5-37-45-41(58-21-62-45)25(17-54-37)9-29-13-33-49(66-29)50-34(14-30(67-50)10-26-18-55-38(6-2)46-42(26)59-22-63-46)53(33)35-15-31(11-27-19-56-39(7-3)47-43(27)60-23-64-47)68-51(35)52-36(53)16-32(69-52)12-28-20-57-40(8-4)48-44(28)61-24-65-48/h13-20H,5-12,21-24H2,1-4H3. The van der Waals surface area contributed by atoms with Gasteiger partial charge < -0.3 is 0 Å². The van der Waals surface area contributed by atoms with E-state index in [-0.39, 0.29) is 0 Å². The number of aromatic nitrogens is 4. The maximum Gasteiger partial charge on any atom is 0.131 e. The lowest BCUT2D eigenvalue weighted by molar-refractivity contribution is 0.797. The van der Waals surface area contributed by atoms with E-state index in [2.05, 4.69) is 52.0 Å². The highest BCUT2D eigenvalue weighted by molar-refractivity contribution is 7.24. The lowest BCUT2D eigenvalue weighted by Gasteiger charge is -2.27. The maximum absolute atomic E-state index is 4.91. The van der Waals surface area contributed by atoms with Crippen LogP contribution in [0.3, 0.4) is 0 Å². The van der Waals surface area contributed by atoms with Gasteiger partial charge in [0.25, 0.3) is 0 Å². The van der Waals surface area contributed by atoms with Crippen molar-refractivity contribution in [3.05, 3.63) is 179 Å². The molecule has 0 unspecified atom stereocenters. The smallest absolute Gasteiger partial charge is 0.131 e. The van der Waals surface area contributed by atoms with Crippen molar-refractivity contribution >= 4 is 45.3 Å². The quantitative estimate of drug-likeness (QED) is 0.163. The molecule has 8 aromatic heterocycles. The van der Waals surface area contributed by atoms with Gasteiger partial charge in [-0.25, -0.2) is 0 Å². The lowest BCUT2D eigenvalue weighted by atomic mass is 9.72. The minimum absolute atomic E-state index is 0.467. The Balaban J connectivity index is 0.970. The Hall–Kier alpha value is -6.20. The fourth-order valence-electron chi connectivity index (χ4n) is 11.4. The van der Waals surface area contributed by atoms with Crippen LogP contribution in [0.15, 0.2) is 89.0 Å². The summed E-state index contributed by atoms with van der Waals surface area (Å²) in [6.45, 7) is 10.4. The third-order valence-electron chi connectivity index (χ3n) is 14.5. The first-order chi connectivity index (χ1) is 33.9. The average molecular weight is 977 g/mol. The maximum atomic E-state index is 4.91. The third kappa shape index (κ3) is 6.13. The summed E-state index contributed by atoms with van der Waals surface area (Å²) in [5, 5.41) is 7.89. The van der Waals surface area contributed by atoms with Crippen LogP contribution in [0.25, 0.3) is 19.5 Å². The number of thiophene rings is 4. The number of hydrogen-bond acceptors (Lipinski definition) is 16. The Kier molecular flexibility index (Phi) is 9.63. The van der Waals surface area contributed by atoms with Gasteiger partial charge in [0, 0.05) is 112 Å². The zero-order valence-corrected chi connectivity index (χ0v) is 41.9. The molecular formula is C53H44N12S4. The van der Waals surface area contributed by atoms with Crippen molar-refractivity contribution in [3.63, 3.8) is 0 Å². The van der Waals surface area contributed by atoms with Gasteiger partial charge >= 0.3 is 0 Å². The van der Waals surface area contributed by atoms with Gasteiger partial charge in [-0.05, 0) is 72.2 Å². The van der Waals surface area contributed by atoms with Gasteiger partial charge in [0.05, 0.1) is 49.6 Å². The van der Waals surface area contributed by atoms with Crippen LogP contribution in [0.4, 0.5) is 0 Å². The Bertz CT molecular complexity index is 3590. The average Bonchev–Trinajstić information content (AvgIpc) is 4.20. The molecule has 1 spiro atoms. The van der Waals surface area contributed by atoms with Gasteiger partial charge in [-0.1, -0.05) is 27.7 Å². The van der Waals surface area contributed by atoms with E-state index in [1.807, 2.05) is 70.1 Å². The number of pyridine rings is 4. The van der Waals surface area contributed by atoms with E-state index in [9.17, 15) is 0 Å². The predicted octanol–water partition coefficient (Wildman–Crippen LogP) is 5.31. The van der Waals surface area contributed by atoms with E-state index in [4.69, 9.17) is 59.9 Å². The molecule has 0 N–H and O–H groups in total. The highest BCUT2D eigenvalue weighted by Crippen LogP contribution is 2.68. The number of nitrogens with zero attached hydrogens (tertiary/aromatic N) is 12. The first-order valence-corrected chi connectivity index (χ1v) is 27.2. The third-order valence-corrected chi connectivity index (χ3v) is 19.4. The van der Waals surface area contributed by atoms with Gasteiger partial charge in [-0.3, -0.25) is 59.9 Å². The van der Waals surface area contributed by atoms with Crippen molar-refractivity contribution < 1.29 is 0 Å². The van der Waals surface area contributed by atoms with Crippen LogP contribution in [0.2, 0.25) is 0 Å². The molecule has 16 heteroatoms. The molecule has 12 heterocycles. The molecule has 2 aliphatic carbocycles.